The molecule has 1 saturated heterocycles. The molecule has 2 aromatic carbocycles. The van der Waals surface area contributed by atoms with E-state index >= 15 is 0 Å². The second kappa shape index (κ2) is 9.67. The SMILES string of the molecule is CCOc1ccc([C@H]2C(=C(O)c3ccc(F)cc3)C(=O)C(=O)N2c2nc(C)c(C(=O)OC)s2)cc1. The number of aryl methyl sites for hydroxylation is 1. The minimum absolute atomic E-state index is 0.0991. The zero-order chi connectivity index (χ0) is 25.3. The fourth-order valence-electron chi connectivity index (χ4n) is 3.79. The van der Waals surface area contributed by atoms with Crippen molar-refractivity contribution in [1.82, 2.24) is 4.98 Å². The molecule has 1 N–H and O–H groups in total. The molecule has 0 saturated carbocycles. The van der Waals surface area contributed by atoms with Crippen LogP contribution in [-0.4, -0.2) is 41.5 Å². The Labute approximate surface area is 204 Å². The number of nitrogens with zero attached hydrogens (tertiary/aromatic N) is 2. The molecule has 180 valence electrons. The number of carbonyl (C=O) groups excluding carboxylic acids is 3. The number of methoxy groups -OCH3 is 1. The van der Waals surface area contributed by atoms with E-state index in [2.05, 4.69) is 4.98 Å². The van der Waals surface area contributed by atoms with Crippen LogP contribution in [0.1, 0.15) is 39.5 Å². The molecule has 0 aliphatic carbocycles. The first-order chi connectivity index (χ1) is 16.8. The zero-order valence-corrected chi connectivity index (χ0v) is 19.9. The van der Waals surface area contributed by atoms with Crippen LogP contribution in [0, 0.1) is 12.7 Å². The minimum atomic E-state index is -1.05. The van der Waals surface area contributed by atoms with E-state index in [1.54, 1.807) is 31.2 Å². The highest BCUT2D eigenvalue weighted by Gasteiger charge is 2.48. The number of aliphatic hydroxyl groups is 1. The summed E-state index contributed by atoms with van der Waals surface area (Å²) in [4.78, 5) is 44.2. The number of carbonyl (C=O) groups is 3. The first kappa shape index (κ1) is 24.1. The van der Waals surface area contributed by atoms with E-state index in [4.69, 9.17) is 9.47 Å². The summed E-state index contributed by atoms with van der Waals surface area (Å²) in [5, 5.41) is 11.2. The standard InChI is InChI=1S/C25H21FN2O6S/c1-4-34-17-11-7-14(8-12-17)19-18(20(29)15-5-9-16(26)10-6-15)21(30)23(31)28(19)25-27-13(2)22(35-25)24(32)33-3/h5-12,19,29H,4H2,1-3H3/t19-/m0/s1. The van der Waals surface area contributed by atoms with Crippen molar-refractivity contribution >= 4 is 39.9 Å². The van der Waals surface area contributed by atoms with Crippen LogP contribution in [0.25, 0.3) is 5.76 Å². The van der Waals surface area contributed by atoms with E-state index in [0.717, 1.165) is 28.4 Å². The van der Waals surface area contributed by atoms with Crippen molar-refractivity contribution < 1.29 is 33.4 Å². The molecule has 0 unspecified atom stereocenters. The fourth-order valence-corrected chi connectivity index (χ4v) is 4.80. The lowest BCUT2D eigenvalue weighted by Gasteiger charge is -2.23. The Bertz CT molecular complexity index is 1330. The second-order valence-corrected chi connectivity index (χ2v) is 8.56. The van der Waals surface area contributed by atoms with Gasteiger partial charge in [0.2, 0.25) is 0 Å². The molecule has 0 radical (unpaired) electrons. The number of ether oxygens (including phenoxy) is 2. The maximum absolute atomic E-state index is 13.4. The van der Waals surface area contributed by atoms with Gasteiger partial charge >= 0.3 is 11.9 Å². The maximum atomic E-state index is 13.4. The lowest BCUT2D eigenvalue weighted by atomic mass is 9.95. The molecular formula is C25H21FN2O6S. The molecule has 1 atom stereocenters. The lowest BCUT2D eigenvalue weighted by Crippen LogP contribution is -2.29. The van der Waals surface area contributed by atoms with Crippen molar-refractivity contribution in [2.45, 2.75) is 19.9 Å². The third-order valence-electron chi connectivity index (χ3n) is 5.43. The van der Waals surface area contributed by atoms with E-state index in [1.807, 2.05) is 6.92 Å². The van der Waals surface area contributed by atoms with Crippen LogP contribution in [0.3, 0.4) is 0 Å². The van der Waals surface area contributed by atoms with Gasteiger partial charge in [0.25, 0.3) is 5.78 Å². The van der Waals surface area contributed by atoms with Crippen LogP contribution in [-0.2, 0) is 14.3 Å². The van der Waals surface area contributed by atoms with Crippen molar-refractivity contribution in [2.24, 2.45) is 0 Å². The number of amides is 1. The van der Waals surface area contributed by atoms with Gasteiger partial charge in [0.1, 0.15) is 22.2 Å². The predicted octanol–water partition coefficient (Wildman–Crippen LogP) is 4.40. The van der Waals surface area contributed by atoms with Crippen molar-refractivity contribution in [1.29, 1.82) is 0 Å². The Morgan fingerprint density at radius 1 is 1.14 bits per heavy atom. The number of hydrogen-bond acceptors (Lipinski definition) is 8. The van der Waals surface area contributed by atoms with Crippen LogP contribution < -0.4 is 9.64 Å². The topological polar surface area (TPSA) is 106 Å². The monoisotopic (exact) mass is 496 g/mol. The van der Waals surface area contributed by atoms with Crippen molar-refractivity contribution in [3.8, 4) is 5.75 Å². The van der Waals surface area contributed by atoms with Gasteiger partial charge in [0.15, 0.2) is 5.13 Å². The number of hydrogen-bond donors (Lipinski definition) is 1. The summed E-state index contributed by atoms with van der Waals surface area (Å²) in [5.41, 5.74) is 0.829. The highest BCUT2D eigenvalue weighted by molar-refractivity contribution is 7.17. The van der Waals surface area contributed by atoms with E-state index in [-0.39, 0.29) is 21.1 Å². The van der Waals surface area contributed by atoms with E-state index in [9.17, 15) is 23.9 Å². The number of ketones is 1. The zero-order valence-electron chi connectivity index (χ0n) is 19.1. The van der Waals surface area contributed by atoms with Crippen molar-refractivity contribution in [3.05, 3.63) is 81.6 Å². The molecule has 2 heterocycles. The average Bonchev–Trinajstić information content (AvgIpc) is 3.36. The molecule has 1 fully saturated rings. The summed E-state index contributed by atoms with van der Waals surface area (Å²) in [5.74, 6) is -2.85. The van der Waals surface area contributed by atoms with Crippen LogP contribution in [0.5, 0.6) is 5.75 Å². The minimum Gasteiger partial charge on any atom is -0.507 e. The summed E-state index contributed by atoms with van der Waals surface area (Å²) in [6, 6.07) is 10.6. The highest BCUT2D eigenvalue weighted by Crippen LogP contribution is 2.44. The van der Waals surface area contributed by atoms with Gasteiger partial charge in [-0.05, 0) is 55.8 Å². The molecule has 10 heteroatoms. The van der Waals surface area contributed by atoms with Crippen molar-refractivity contribution in [3.63, 3.8) is 0 Å². The molecule has 4 rings (SSSR count). The number of anilines is 1. The smallest absolute Gasteiger partial charge is 0.350 e. The number of benzene rings is 2. The molecule has 0 spiro atoms. The highest BCUT2D eigenvalue weighted by atomic mass is 32.1. The quantitative estimate of drug-likeness (QED) is 0.233. The van der Waals surface area contributed by atoms with Gasteiger partial charge in [-0.2, -0.15) is 0 Å². The summed E-state index contributed by atoms with van der Waals surface area (Å²) in [6.45, 7) is 3.89. The Hall–Kier alpha value is -4.05. The first-order valence-electron chi connectivity index (χ1n) is 10.6. The molecule has 1 aromatic heterocycles. The Balaban J connectivity index is 1.90. The van der Waals surface area contributed by atoms with Crippen LogP contribution in [0.2, 0.25) is 0 Å². The van der Waals surface area contributed by atoms with Gasteiger partial charge in [-0.1, -0.05) is 23.5 Å². The van der Waals surface area contributed by atoms with E-state index in [1.165, 1.54) is 19.2 Å². The molecule has 3 aromatic rings. The third kappa shape index (κ3) is 4.40. The molecule has 8 nitrogen and oxygen atoms in total. The van der Waals surface area contributed by atoms with Gasteiger partial charge in [0, 0.05) is 5.56 Å². The van der Waals surface area contributed by atoms with Gasteiger partial charge < -0.3 is 14.6 Å². The predicted molar refractivity (Wildman–Crippen MR) is 127 cm³/mol. The largest absolute Gasteiger partial charge is 0.507 e. The third-order valence-corrected chi connectivity index (χ3v) is 6.57. The van der Waals surface area contributed by atoms with E-state index < -0.39 is 35.3 Å². The van der Waals surface area contributed by atoms with Gasteiger partial charge in [-0.15, -0.1) is 0 Å². The molecule has 1 amide bonds. The average molecular weight is 497 g/mol. The second-order valence-electron chi connectivity index (χ2n) is 7.58. The summed E-state index contributed by atoms with van der Waals surface area (Å²) in [7, 11) is 1.23. The molecule has 35 heavy (non-hydrogen) atoms. The molecular weight excluding hydrogens is 475 g/mol. The van der Waals surface area contributed by atoms with Crippen molar-refractivity contribution in [2.75, 3.05) is 18.6 Å². The Morgan fingerprint density at radius 3 is 2.40 bits per heavy atom. The number of halogens is 1. The maximum Gasteiger partial charge on any atom is 0.350 e. The van der Waals surface area contributed by atoms with Gasteiger partial charge in [-0.25, -0.2) is 14.2 Å². The summed E-state index contributed by atoms with van der Waals surface area (Å²) >= 11 is 0.905. The number of esters is 1. The number of thiazole rings is 1. The molecule has 1 aliphatic heterocycles. The van der Waals surface area contributed by atoms with Crippen LogP contribution >= 0.6 is 11.3 Å². The number of aliphatic hydroxyl groups excluding tert-OH is 1. The summed E-state index contributed by atoms with van der Waals surface area (Å²) < 4.78 is 23.7. The Kier molecular flexibility index (Phi) is 6.65. The van der Waals surface area contributed by atoms with Crippen LogP contribution in [0.15, 0.2) is 54.1 Å². The summed E-state index contributed by atoms with van der Waals surface area (Å²) in [6.07, 6.45) is 0. The lowest BCUT2D eigenvalue weighted by molar-refractivity contribution is -0.132. The molecule has 0 bridgehead atoms. The number of aromatic nitrogens is 1. The fraction of sp³-hybridized carbons (Fsp3) is 0.200. The van der Waals surface area contributed by atoms with Gasteiger partial charge in [-0.3, -0.25) is 14.5 Å². The van der Waals surface area contributed by atoms with Crippen LogP contribution in [0.4, 0.5) is 9.52 Å². The van der Waals surface area contributed by atoms with Gasteiger partial charge in [0.05, 0.1) is 31.0 Å². The number of rotatable bonds is 6. The number of Topliss-reactive ketones (excluding diaryl/α,β-unsaturated/α-hetero) is 1. The Morgan fingerprint density at radius 2 is 1.80 bits per heavy atom. The normalized spacial score (nSPS) is 17.0. The molecule has 1 aliphatic rings. The van der Waals surface area contributed by atoms with E-state index in [0.29, 0.717) is 23.6 Å². The first-order valence-corrected chi connectivity index (χ1v) is 11.4.